The van der Waals surface area contributed by atoms with Crippen LogP contribution in [0.2, 0.25) is 5.02 Å². The summed E-state index contributed by atoms with van der Waals surface area (Å²) < 4.78 is 4.82. The van der Waals surface area contributed by atoms with Gasteiger partial charge in [0.25, 0.3) is 5.91 Å². The molecular weight excluding hydrogens is 270 g/mol. The van der Waals surface area contributed by atoms with Crippen molar-refractivity contribution in [3.8, 4) is 0 Å². The molecule has 7 heteroatoms. The number of nitrogens with zero attached hydrogens (tertiary/aromatic N) is 2. The summed E-state index contributed by atoms with van der Waals surface area (Å²) >= 11 is 5.96. The van der Waals surface area contributed by atoms with Gasteiger partial charge < -0.3 is 20.1 Å². The number of aliphatic hydroxyl groups is 1. The quantitative estimate of drug-likeness (QED) is 0.812. The van der Waals surface area contributed by atoms with Crippen LogP contribution in [-0.4, -0.2) is 61.4 Å². The summed E-state index contributed by atoms with van der Waals surface area (Å²) in [5.74, 6) is 0.276. The zero-order chi connectivity index (χ0) is 14.4. The molecule has 0 bridgehead atoms. The number of methoxy groups -OCH3 is 1. The number of nitrogens with one attached hydrogen (secondary N) is 1. The Bertz CT molecular complexity index is 442. The van der Waals surface area contributed by atoms with Gasteiger partial charge >= 0.3 is 0 Å². The van der Waals surface area contributed by atoms with E-state index in [-0.39, 0.29) is 24.1 Å². The third kappa shape index (κ3) is 4.34. The molecule has 0 saturated heterocycles. The first kappa shape index (κ1) is 15.7. The third-order valence-electron chi connectivity index (χ3n) is 2.53. The predicted molar refractivity (Wildman–Crippen MR) is 73.6 cm³/mol. The Morgan fingerprint density at radius 1 is 1.68 bits per heavy atom. The number of hydrogen-bond donors (Lipinski definition) is 2. The van der Waals surface area contributed by atoms with Gasteiger partial charge in [0.05, 0.1) is 23.3 Å². The van der Waals surface area contributed by atoms with E-state index in [4.69, 9.17) is 16.3 Å². The van der Waals surface area contributed by atoms with Gasteiger partial charge in [-0.05, 0) is 6.07 Å². The van der Waals surface area contributed by atoms with Crippen LogP contribution >= 0.6 is 11.6 Å². The molecule has 1 rings (SSSR count). The van der Waals surface area contributed by atoms with Crippen molar-refractivity contribution >= 4 is 23.3 Å². The van der Waals surface area contributed by atoms with Crippen molar-refractivity contribution in [1.29, 1.82) is 0 Å². The summed E-state index contributed by atoms with van der Waals surface area (Å²) in [4.78, 5) is 17.6. The summed E-state index contributed by atoms with van der Waals surface area (Å²) in [6.07, 6.45) is 0.684. The molecule has 0 aliphatic rings. The number of pyridine rings is 1. The fourth-order valence-corrected chi connectivity index (χ4v) is 1.77. The minimum absolute atomic E-state index is 0.167. The largest absolute Gasteiger partial charge is 0.389 e. The molecular formula is C12H18ClN3O3. The fourth-order valence-electron chi connectivity index (χ4n) is 1.59. The predicted octanol–water partition coefficient (Wildman–Crippen LogP) is 0.856. The number of amides is 1. The standard InChI is InChI=1S/C12H18ClN3O3/c1-14-11-4-9(10(13)5-15-11)12(18)16(2)6-8(17)7-19-3/h4-5,8,17H,6-7H2,1-3H3,(H,14,15). The first-order chi connectivity index (χ1) is 8.99. The van der Waals surface area contributed by atoms with Crippen LogP contribution in [-0.2, 0) is 4.74 Å². The van der Waals surface area contributed by atoms with Gasteiger partial charge in [0.1, 0.15) is 5.82 Å². The van der Waals surface area contributed by atoms with E-state index in [0.717, 1.165) is 0 Å². The van der Waals surface area contributed by atoms with Crippen molar-refractivity contribution in [2.45, 2.75) is 6.10 Å². The van der Waals surface area contributed by atoms with Crippen LogP contribution in [0.15, 0.2) is 12.3 Å². The van der Waals surface area contributed by atoms with E-state index in [9.17, 15) is 9.90 Å². The second kappa shape index (κ2) is 7.28. The Hall–Kier alpha value is -1.37. The van der Waals surface area contributed by atoms with Crippen LogP contribution in [0.5, 0.6) is 0 Å². The molecule has 0 aromatic carbocycles. The van der Waals surface area contributed by atoms with Crippen molar-refractivity contribution in [1.82, 2.24) is 9.88 Å². The number of aliphatic hydroxyl groups excluding tert-OH is 1. The molecule has 0 radical (unpaired) electrons. The van der Waals surface area contributed by atoms with Crippen LogP contribution < -0.4 is 5.32 Å². The van der Waals surface area contributed by atoms with Gasteiger partial charge in [0.15, 0.2) is 0 Å². The van der Waals surface area contributed by atoms with Crippen molar-refractivity contribution in [2.24, 2.45) is 0 Å². The number of carbonyl (C=O) groups excluding carboxylic acids is 1. The van der Waals surface area contributed by atoms with Gasteiger partial charge in [-0.2, -0.15) is 0 Å². The summed E-state index contributed by atoms with van der Waals surface area (Å²) in [6.45, 7) is 0.337. The Balaban J connectivity index is 2.81. The summed E-state index contributed by atoms with van der Waals surface area (Å²) in [5.41, 5.74) is 0.341. The first-order valence-electron chi connectivity index (χ1n) is 5.75. The number of halogens is 1. The maximum Gasteiger partial charge on any atom is 0.255 e. The highest BCUT2D eigenvalue weighted by Crippen LogP contribution is 2.19. The molecule has 0 spiro atoms. The van der Waals surface area contributed by atoms with Crippen LogP contribution in [0.4, 0.5) is 5.82 Å². The van der Waals surface area contributed by atoms with Gasteiger partial charge in [0, 0.05) is 33.9 Å². The van der Waals surface area contributed by atoms with Gasteiger partial charge in [-0.3, -0.25) is 4.79 Å². The van der Waals surface area contributed by atoms with Crippen LogP contribution in [0, 0.1) is 0 Å². The fraction of sp³-hybridized carbons (Fsp3) is 0.500. The molecule has 0 aliphatic carbocycles. The molecule has 0 saturated carbocycles. The average Bonchev–Trinajstić information content (AvgIpc) is 2.38. The average molecular weight is 288 g/mol. The molecule has 1 amide bonds. The third-order valence-corrected chi connectivity index (χ3v) is 2.83. The van der Waals surface area contributed by atoms with Crippen LogP contribution in [0.3, 0.4) is 0 Å². The number of anilines is 1. The number of rotatable bonds is 6. The molecule has 1 heterocycles. The van der Waals surface area contributed by atoms with Crippen molar-refractivity contribution in [3.05, 3.63) is 22.8 Å². The topological polar surface area (TPSA) is 74.7 Å². The van der Waals surface area contributed by atoms with Crippen LogP contribution in [0.25, 0.3) is 0 Å². The molecule has 1 unspecified atom stereocenters. The van der Waals surface area contributed by atoms with E-state index in [2.05, 4.69) is 10.3 Å². The van der Waals surface area contributed by atoms with E-state index < -0.39 is 6.10 Å². The summed E-state index contributed by atoms with van der Waals surface area (Å²) in [7, 11) is 4.79. The van der Waals surface area contributed by atoms with Gasteiger partial charge in [-0.1, -0.05) is 11.6 Å². The van der Waals surface area contributed by atoms with E-state index in [0.29, 0.717) is 11.4 Å². The van der Waals surface area contributed by atoms with E-state index in [1.54, 1.807) is 20.2 Å². The van der Waals surface area contributed by atoms with E-state index >= 15 is 0 Å². The molecule has 106 valence electrons. The lowest BCUT2D eigenvalue weighted by atomic mass is 10.2. The molecule has 1 atom stereocenters. The van der Waals surface area contributed by atoms with Crippen molar-refractivity contribution < 1.29 is 14.6 Å². The lowest BCUT2D eigenvalue weighted by molar-refractivity contribution is 0.0380. The smallest absolute Gasteiger partial charge is 0.255 e. The second-order valence-electron chi connectivity index (χ2n) is 4.09. The Labute approximate surface area is 117 Å². The highest BCUT2D eigenvalue weighted by molar-refractivity contribution is 6.33. The number of carbonyl (C=O) groups is 1. The Morgan fingerprint density at radius 2 is 2.37 bits per heavy atom. The summed E-state index contributed by atoms with van der Waals surface area (Å²) in [6, 6.07) is 1.57. The lowest BCUT2D eigenvalue weighted by Crippen LogP contribution is -2.36. The highest BCUT2D eigenvalue weighted by atomic mass is 35.5. The Kier molecular flexibility index (Phi) is 6.01. The molecule has 19 heavy (non-hydrogen) atoms. The van der Waals surface area contributed by atoms with E-state index in [1.807, 2.05) is 0 Å². The zero-order valence-corrected chi connectivity index (χ0v) is 11.9. The van der Waals surface area contributed by atoms with Crippen molar-refractivity contribution in [3.63, 3.8) is 0 Å². The van der Waals surface area contributed by atoms with E-state index in [1.165, 1.54) is 18.2 Å². The molecule has 2 N–H and O–H groups in total. The van der Waals surface area contributed by atoms with Gasteiger partial charge in [-0.25, -0.2) is 4.98 Å². The SMILES string of the molecule is CNc1cc(C(=O)N(C)CC(O)COC)c(Cl)cn1. The van der Waals surface area contributed by atoms with Crippen molar-refractivity contribution in [2.75, 3.05) is 39.7 Å². The monoisotopic (exact) mass is 287 g/mol. The molecule has 1 aromatic rings. The summed E-state index contributed by atoms with van der Waals surface area (Å²) in [5, 5.41) is 12.7. The number of ether oxygens (including phenoxy) is 1. The van der Waals surface area contributed by atoms with Crippen LogP contribution in [0.1, 0.15) is 10.4 Å². The number of aromatic nitrogens is 1. The maximum absolute atomic E-state index is 12.2. The zero-order valence-electron chi connectivity index (χ0n) is 11.2. The number of likely N-dealkylation sites (N-methyl/N-ethyl adjacent to an activating group) is 1. The molecule has 0 fully saturated rings. The van der Waals surface area contributed by atoms with Gasteiger partial charge in [0.2, 0.25) is 0 Å². The first-order valence-corrected chi connectivity index (χ1v) is 6.13. The Morgan fingerprint density at radius 3 is 2.95 bits per heavy atom. The van der Waals surface area contributed by atoms with Gasteiger partial charge in [-0.15, -0.1) is 0 Å². The minimum Gasteiger partial charge on any atom is -0.389 e. The second-order valence-corrected chi connectivity index (χ2v) is 4.50. The number of hydrogen-bond acceptors (Lipinski definition) is 5. The molecule has 0 aliphatic heterocycles. The minimum atomic E-state index is -0.733. The highest BCUT2D eigenvalue weighted by Gasteiger charge is 2.18. The molecule has 1 aromatic heterocycles. The maximum atomic E-state index is 12.2. The molecule has 6 nitrogen and oxygen atoms in total. The lowest BCUT2D eigenvalue weighted by Gasteiger charge is -2.21. The normalized spacial score (nSPS) is 12.1.